The Balaban J connectivity index is 1.92. The van der Waals surface area contributed by atoms with Crippen molar-refractivity contribution in [2.45, 2.75) is 6.54 Å². The van der Waals surface area contributed by atoms with E-state index in [-0.39, 0.29) is 23.5 Å². The molecular weight excluding hydrogens is 362 g/mol. The van der Waals surface area contributed by atoms with Gasteiger partial charge in [0.2, 0.25) is 0 Å². The summed E-state index contributed by atoms with van der Waals surface area (Å²) in [7, 11) is 1.53. The fourth-order valence-electron chi connectivity index (χ4n) is 2.12. The van der Waals surface area contributed by atoms with Crippen molar-refractivity contribution in [3.8, 4) is 0 Å². The largest absolute Gasteiger partial charge is 0.452 e. The Morgan fingerprint density at radius 3 is 2.62 bits per heavy atom. The quantitative estimate of drug-likeness (QED) is 0.436. The lowest BCUT2D eigenvalue weighted by Crippen LogP contribution is -2.28. The number of rotatable bonds is 7. The third kappa shape index (κ3) is 4.93. The van der Waals surface area contributed by atoms with Gasteiger partial charge >= 0.3 is 5.97 Å². The number of carbonyl (C=O) groups excluding carboxylic acids is 2. The molecule has 0 fully saturated rings. The summed E-state index contributed by atoms with van der Waals surface area (Å²) in [5, 5.41) is 16.8. The van der Waals surface area contributed by atoms with E-state index < -0.39 is 23.4 Å². The first kappa shape index (κ1) is 19.2. The summed E-state index contributed by atoms with van der Waals surface area (Å²) in [4.78, 5) is 34.2. The lowest BCUT2D eigenvalue weighted by Gasteiger charge is -2.08. The molecule has 0 aliphatic heterocycles. The maximum Gasteiger partial charge on any atom is 0.338 e. The molecule has 0 saturated heterocycles. The molecule has 26 heavy (non-hydrogen) atoms. The van der Waals surface area contributed by atoms with Crippen LogP contribution in [0.2, 0.25) is 5.02 Å². The van der Waals surface area contributed by atoms with Gasteiger partial charge in [-0.15, -0.1) is 0 Å². The van der Waals surface area contributed by atoms with Crippen LogP contribution in [0.3, 0.4) is 0 Å². The van der Waals surface area contributed by atoms with Crippen LogP contribution in [-0.2, 0) is 16.1 Å². The maximum atomic E-state index is 12.0. The van der Waals surface area contributed by atoms with Crippen LogP contribution in [0, 0.1) is 10.1 Å². The van der Waals surface area contributed by atoms with E-state index in [4.69, 9.17) is 16.3 Å². The topological polar surface area (TPSA) is 111 Å². The Kier molecular flexibility index (Phi) is 6.51. The Morgan fingerprint density at radius 2 is 1.96 bits per heavy atom. The number of nitrogens with zero attached hydrogens (tertiary/aromatic N) is 1. The fraction of sp³-hybridized carbons (Fsp3) is 0.176. The zero-order valence-electron chi connectivity index (χ0n) is 13.8. The molecule has 0 aliphatic carbocycles. The number of nitro groups is 1. The molecule has 0 aliphatic rings. The average Bonchev–Trinajstić information content (AvgIpc) is 2.64. The lowest BCUT2D eigenvalue weighted by atomic mass is 10.1. The third-order valence-electron chi connectivity index (χ3n) is 3.47. The number of halogens is 1. The second-order valence-electron chi connectivity index (χ2n) is 5.18. The molecule has 2 aromatic carbocycles. The molecule has 2 N–H and O–H groups in total. The van der Waals surface area contributed by atoms with Gasteiger partial charge in [0.1, 0.15) is 5.69 Å². The average molecular weight is 378 g/mol. The van der Waals surface area contributed by atoms with Gasteiger partial charge in [-0.1, -0.05) is 29.8 Å². The van der Waals surface area contributed by atoms with Gasteiger partial charge in [0.15, 0.2) is 6.61 Å². The fourth-order valence-corrected chi connectivity index (χ4v) is 2.32. The van der Waals surface area contributed by atoms with Crippen molar-refractivity contribution in [1.82, 2.24) is 5.32 Å². The molecule has 0 bridgehead atoms. The van der Waals surface area contributed by atoms with Gasteiger partial charge in [0, 0.05) is 24.7 Å². The van der Waals surface area contributed by atoms with Gasteiger partial charge in [-0.25, -0.2) is 4.79 Å². The molecule has 0 heterocycles. The second kappa shape index (κ2) is 8.82. The molecule has 8 nitrogen and oxygen atoms in total. The van der Waals surface area contributed by atoms with E-state index in [0.29, 0.717) is 5.02 Å². The Hall–Kier alpha value is -3.13. The van der Waals surface area contributed by atoms with Crippen molar-refractivity contribution in [2.24, 2.45) is 0 Å². The number of nitro benzene ring substituents is 1. The van der Waals surface area contributed by atoms with Crippen LogP contribution in [0.5, 0.6) is 0 Å². The van der Waals surface area contributed by atoms with E-state index in [9.17, 15) is 19.7 Å². The van der Waals surface area contributed by atoms with E-state index in [2.05, 4.69) is 10.6 Å². The summed E-state index contributed by atoms with van der Waals surface area (Å²) in [6.07, 6.45) is 0. The van der Waals surface area contributed by atoms with E-state index >= 15 is 0 Å². The molecule has 9 heteroatoms. The summed E-state index contributed by atoms with van der Waals surface area (Å²) in [6, 6.07) is 10.9. The van der Waals surface area contributed by atoms with Gasteiger partial charge in [0.05, 0.1) is 10.5 Å². The maximum absolute atomic E-state index is 12.0. The molecule has 0 aromatic heterocycles. The van der Waals surface area contributed by atoms with E-state index in [1.807, 2.05) is 0 Å². The molecule has 136 valence electrons. The highest BCUT2D eigenvalue weighted by molar-refractivity contribution is 6.31. The first-order valence-electron chi connectivity index (χ1n) is 7.55. The van der Waals surface area contributed by atoms with Gasteiger partial charge in [0.25, 0.3) is 11.6 Å². The second-order valence-corrected chi connectivity index (χ2v) is 5.59. The molecule has 0 atom stereocenters. The van der Waals surface area contributed by atoms with Crippen molar-refractivity contribution in [3.05, 3.63) is 68.7 Å². The minimum absolute atomic E-state index is 0.0189. The van der Waals surface area contributed by atoms with Crippen molar-refractivity contribution in [1.29, 1.82) is 0 Å². The highest BCUT2D eigenvalue weighted by Crippen LogP contribution is 2.25. The molecule has 2 aromatic rings. The summed E-state index contributed by atoms with van der Waals surface area (Å²) >= 11 is 5.98. The number of ether oxygens (including phenoxy) is 1. The molecule has 0 spiro atoms. The van der Waals surface area contributed by atoms with Gasteiger partial charge in [-0.2, -0.15) is 0 Å². The Labute approximate surface area is 154 Å². The van der Waals surface area contributed by atoms with Gasteiger partial charge < -0.3 is 15.4 Å². The van der Waals surface area contributed by atoms with E-state index in [0.717, 1.165) is 11.6 Å². The predicted molar refractivity (Wildman–Crippen MR) is 96.2 cm³/mol. The standard InChI is InChI=1S/C17H16ClN3O5/c1-19-14-7-6-11(8-15(14)21(24)25)17(23)26-10-16(22)20-9-12-4-2-3-5-13(12)18/h2-8,19H,9-10H2,1H3,(H,20,22). The minimum atomic E-state index is -0.830. The zero-order valence-corrected chi connectivity index (χ0v) is 14.6. The number of carbonyl (C=O) groups is 2. The molecular formula is C17H16ClN3O5. The Bertz CT molecular complexity index is 841. The number of esters is 1. The molecule has 0 saturated carbocycles. The van der Waals surface area contributed by atoms with Crippen molar-refractivity contribution < 1.29 is 19.2 Å². The van der Waals surface area contributed by atoms with Crippen LogP contribution < -0.4 is 10.6 Å². The van der Waals surface area contributed by atoms with Gasteiger partial charge in [-0.3, -0.25) is 14.9 Å². The first-order chi connectivity index (χ1) is 12.4. The smallest absolute Gasteiger partial charge is 0.338 e. The molecule has 0 unspecified atom stereocenters. The van der Waals surface area contributed by atoms with Crippen LogP contribution in [0.25, 0.3) is 0 Å². The molecule has 1 amide bonds. The van der Waals surface area contributed by atoms with Crippen LogP contribution in [0.1, 0.15) is 15.9 Å². The Morgan fingerprint density at radius 1 is 1.23 bits per heavy atom. The van der Waals surface area contributed by atoms with E-state index in [1.54, 1.807) is 24.3 Å². The highest BCUT2D eigenvalue weighted by Gasteiger charge is 2.18. The monoisotopic (exact) mass is 377 g/mol. The molecule has 0 radical (unpaired) electrons. The van der Waals surface area contributed by atoms with Crippen LogP contribution >= 0.6 is 11.6 Å². The minimum Gasteiger partial charge on any atom is -0.452 e. The number of nitrogens with one attached hydrogen (secondary N) is 2. The third-order valence-corrected chi connectivity index (χ3v) is 3.84. The summed E-state index contributed by atoms with van der Waals surface area (Å²) in [6.45, 7) is -0.316. The SMILES string of the molecule is CNc1ccc(C(=O)OCC(=O)NCc2ccccc2Cl)cc1[N+](=O)[O-]. The highest BCUT2D eigenvalue weighted by atomic mass is 35.5. The summed E-state index contributed by atoms with van der Waals surface area (Å²) in [5.41, 5.74) is 0.718. The van der Waals surface area contributed by atoms with Gasteiger partial charge in [-0.05, 0) is 23.8 Å². The summed E-state index contributed by atoms with van der Waals surface area (Å²) < 4.78 is 4.89. The number of benzene rings is 2. The number of hydrogen-bond acceptors (Lipinski definition) is 6. The summed E-state index contributed by atoms with van der Waals surface area (Å²) in [5.74, 6) is -1.34. The number of amides is 1. The number of hydrogen-bond donors (Lipinski definition) is 2. The van der Waals surface area contributed by atoms with Crippen molar-refractivity contribution in [2.75, 3.05) is 19.0 Å². The first-order valence-corrected chi connectivity index (χ1v) is 7.93. The normalized spacial score (nSPS) is 10.1. The lowest BCUT2D eigenvalue weighted by molar-refractivity contribution is -0.384. The van der Waals surface area contributed by atoms with Crippen LogP contribution in [-0.4, -0.2) is 30.5 Å². The molecule has 2 rings (SSSR count). The van der Waals surface area contributed by atoms with Crippen molar-refractivity contribution in [3.63, 3.8) is 0 Å². The predicted octanol–water partition coefficient (Wildman–Crippen LogP) is 2.76. The number of anilines is 1. The van der Waals surface area contributed by atoms with Crippen molar-refractivity contribution >= 4 is 34.9 Å². The van der Waals surface area contributed by atoms with Crippen LogP contribution in [0.4, 0.5) is 11.4 Å². The van der Waals surface area contributed by atoms with Crippen LogP contribution in [0.15, 0.2) is 42.5 Å². The van der Waals surface area contributed by atoms with E-state index in [1.165, 1.54) is 19.2 Å². The zero-order chi connectivity index (χ0) is 19.1.